The van der Waals surface area contributed by atoms with Gasteiger partial charge in [-0.25, -0.2) is 22.5 Å². The summed E-state index contributed by atoms with van der Waals surface area (Å²) in [6.07, 6.45) is 0.396. The maximum absolute atomic E-state index is 13.8. The molecule has 0 saturated carbocycles. The van der Waals surface area contributed by atoms with Gasteiger partial charge in [0, 0.05) is 23.9 Å². The molecule has 9 heteroatoms. The molecule has 132 valence electrons. The lowest BCUT2D eigenvalue weighted by Gasteiger charge is -2.05. The fourth-order valence-electron chi connectivity index (χ4n) is 2.42. The van der Waals surface area contributed by atoms with Gasteiger partial charge in [-0.1, -0.05) is 17.3 Å². The molecule has 0 aliphatic rings. The van der Waals surface area contributed by atoms with Gasteiger partial charge in [0.05, 0.1) is 5.69 Å². The molecule has 0 aliphatic carbocycles. The van der Waals surface area contributed by atoms with Gasteiger partial charge in [-0.2, -0.15) is 0 Å². The molecule has 2 aromatic heterocycles. The molecule has 6 nitrogen and oxygen atoms in total. The van der Waals surface area contributed by atoms with Crippen LogP contribution in [0.1, 0.15) is 17.1 Å². The fourth-order valence-corrected chi connectivity index (χ4v) is 4.66. The summed E-state index contributed by atoms with van der Waals surface area (Å²) in [5.74, 6) is -0.0805. The highest BCUT2D eigenvalue weighted by molar-refractivity contribution is 7.89. The normalized spacial score (nSPS) is 11.8. The maximum atomic E-state index is 13.8. The van der Waals surface area contributed by atoms with Crippen LogP contribution in [0.4, 0.5) is 4.39 Å². The number of nitrogens with one attached hydrogen (secondary N) is 1. The largest absolute Gasteiger partial charge is 0.360 e. The van der Waals surface area contributed by atoms with Crippen molar-refractivity contribution in [3.63, 3.8) is 0 Å². The average Bonchev–Trinajstić information content (AvgIpc) is 3.15. The number of halogens is 1. The summed E-state index contributed by atoms with van der Waals surface area (Å²) in [5.41, 5.74) is 1.46. The molecule has 0 fully saturated rings. The minimum atomic E-state index is -3.69. The second-order valence-electron chi connectivity index (χ2n) is 5.42. The monoisotopic (exact) mass is 381 g/mol. The lowest BCUT2D eigenvalue weighted by Crippen LogP contribution is -2.26. The van der Waals surface area contributed by atoms with Gasteiger partial charge >= 0.3 is 0 Å². The Kier molecular flexibility index (Phi) is 4.98. The van der Waals surface area contributed by atoms with Crippen molar-refractivity contribution in [1.29, 1.82) is 0 Å². The number of hydrogen-bond donors (Lipinski definition) is 1. The zero-order chi connectivity index (χ0) is 18.0. The predicted molar refractivity (Wildman–Crippen MR) is 92.4 cm³/mol. The van der Waals surface area contributed by atoms with E-state index in [9.17, 15) is 12.8 Å². The second-order valence-corrected chi connectivity index (χ2v) is 7.99. The third-order valence-corrected chi connectivity index (χ3v) is 6.19. The molecule has 2 heterocycles. The molecular formula is C16H16FN3O3S2. The van der Waals surface area contributed by atoms with Crippen molar-refractivity contribution in [3.8, 4) is 10.6 Å². The first-order valence-electron chi connectivity index (χ1n) is 7.50. The molecule has 0 spiro atoms. The Balaban J connectivity index is 1.66. The van der Waals surface area contributed by atoms with Crippen molar-refractivity contribution in [1.82, 2.24) is 14.9 Å². The topological polar surface area (TPSA) is 85.1 Å². The van der Waals surface area contributed by atoms with Crippen molar-refractivity contribution in [2.75, 3.05) is 6.54 Å². The van der Waals surface area contributed by atoms with Crippen LogP contribution in [0.25, 0.3) is 10.6 Å². The molecular weight excluding hydrogens is 365 g/mol. The quantitative estimate of drug-likeness (QED) is 0.709. The number of aryl methyl sites for hydroxylation is 2. The van der Waals surface area contributed by atoms with E-state index in [1.54, 1.807) is 37.4 Å². The van der Waals surface area contributed by atoms with E-state index >= 15 is 0 Å². The zero-order valence-electron chi connectivity index (χ0n) is 13.6. The van der Waals surface area contributed by atoms with Crippen molar-refractivity contribution < 1.29 is 17.3 Å². The minimum Gasteiger partial charge on any atom is -0.360 e. The highest BCUT2D eigenvalue weighted by Crippen LogP contribution is 2.26. The summed E-state index contributed by atoms with van der Waals surface area (Å²) in [5, 5.41) is 6.02. The third kappa shape index (κ3) is 3.78. The summed E-state index contributed by atoms with van der Waals surface area (Å²) < 4.78 is 45.8. The van der Waals surface area contributed by atoms with Gasteiger partial charge in [0.2, 0.25) is 10.0 Å². The number of benzene rings is 1. The Hall–Kier alpha value is -2.10. The lowest BCUT2D eigenvalue weighted by molar-refractivity contribution is 0.390. The summed E-state index contributed by atoms with van der Waals surface area (Å²) in [6, 6.07) is 6.42. The van der Waals surface area contributed by atoms with Gasteiger partial charge in [-0.05, 0) is 26.0 Å². The molecule has 0 bridgehead atoms. The third-order valence-electron chi connectivity index (χ3n) is 3.57. The van der Waals surface area contributed by atoms with Crippen LogP contribution >= 0.6 is 11.3 Å². The van der Waals surface area contributed by atoms with E-state index in [1.165, 1.54) is 17.4 Å². The van der Waals surface area contributed by atoms with Crippen molar-refractivity contribution >= 4 is 21.4 Å². The van der Waals surface area contributed by atoms with Crippen LogP contribution in [0.15, 0.2) is 39.1 Å². The van der Waals surface area contributed by atoms with Crippen molar-refractivity contribution in [3.05, 3.63) is 52.6 Å². The van der Waals surface area contributed by atoms with E-state index in [0.717, 1.165) is 0 Å². The van der Waals surface area contributed by atoms with E-state index in [1.807, 2.05) is 0 Å². The van der Waals surface area contributed by atoms with E-state index < -0.39 is 10.0 Å². The SMILES string of the molecule is Cc1noc(C)c1S(=O)(=O)NCCc1csc(-c2ccccc2F)n1. The van der Waals surface area contributed by atoms with Crippen LogP contribution in [-0.2, 0) is 16.4 Å². The Morgan fingerprint density at radius 3 is 2.72 bits per heavy atom. The number of nitrogens with zero attached hydrogens (tertiary/aromatic N) is 2. The predicted octanol–water partition coefficient (Wildman–Crippen LogP) is 3.08. The summed E-state index contributed by atoms with van der Waals surface area (Å²) in [7, 11) is -3.69. The highest BCUT2D eigenvalue weighted by atomic mass is 32.2. The van der Waals surface area contributed by atoms with Crippen LogP contribution in [0, 0.1) is 19.7 Å². The van der Waals surface area contributed by atoms with Gasteiger partial charge in [0.1, 0.15) is 21.4 Å². The lowest BCUT2D eigenvalue weighted by atomic mass is 10.2. The van der Waals surface area contributed by atoms with Gasteiger partial charge < -0.3 is 4.52 Å². The molecule has 0 unspecified atom stereocenters. The number of hydrogen-bond acceptors (Lipinski definition) is 6. The van der Waals surface area contributed by atoms with Crippen molar-refractivity contribution in [2.24, 2.45) is 0 Å². The van der Waals surface area contributed by atoms with Crippen LogP contribution < -0.4 is 4.72 Å². The number of aromatic nitrogens is 2. The summed E-state index contributed by atoms with van der Waals surface area (Å²) >= 11 is 1.32. The number of thiazole rings is 1. The average molecular weight is 381 g/mol. The molecule has 0 radical (unpaired) electrons. The van der Waals surface area contributed by atoms with Gasteiger partial charge in [0.15, 0.2) is 5.76 Å². The second kappa shape index (κ2) is 7.03. The Bertz CT molecular complexity index is 976. The molecule has 1 aromatic carbocycles. The van der Waals surface area contributed by atoms with Gasteiger partial charge in [-0.15, -0.1) is 11.3 Å². The smallest absolute Gasteiger partial charge is 0.245 e. The van der Waals surface area contributed by atoms with Gasteiger partial charge in [0.25, 0.3) is 0 Å². The minimum absolute atomic E-state index is 0.0674. The molecule has 1 N–H and O–H groups in total. The van der Waals surface area contributed by atoms with E-state index in [2.05, 4.69) is 14.9 Å². The standard InChI is InChI=1S/C16H16FN3O3S2/c1-10-15(11(2)23-20-10)25(21,22)18-8-7-12-9-24-16(19-12)13-5-3-4-6-14(13)17/h3-6,9,18H,7-8H2,1-2H3. The summed E-state index contributed by atoms with van der Waals surface area (Å²) in [4.78, 5) is 4.44. The molecule has 3 aromatic rings. The number of sulfonamides is 1. The van der Waals surface area contributed by atoms with Crippen LogP contribution in [0.3, 0.4) is 0 Å². The maximum Gasteiger partial charge on any atom is 0.245 e. The van der Waals surface area contributed by atoms with Crippen molar-refractivity contribution in [2.45, 2.75) is 25.2 Å². The fraction of sp³-hybridized carbons (Fsp3) is 0.250. The Labute approximate surface area is 148 Å². The molecule has 0 aliphatic heterocycles. The van der Waals surface area contributed by atoms with Crippen LogP contribution in [0.2, 0.25) is 0 Å². The molecule has 3 rings (SSSR count). The first-order chi connectivity index (χ1) is 11.9. The molecule has 0 atom stereocenters. The van der Waals surface area contributed by atoms with Crippen LogP contribution in [0.5, 0.6) is 0 Å². The van der Waals surface area contributed by atoms with E-state index in [4.69, 9.17) is 4.52 Å². The summed E-state index contributed by atoms with van der Waals surface area (Å²) in [6.45, 7) is 3.30. The first-order valence-corrected chi connectivity index (χ1v) is 9.86. The number of rotatable bonds is 6. The van der Waals surface area contributed by atoms with Crippen LogP contribution in [-0.4, -0.2) is 25.1 Å². The molecule has 0 amide bonds. The molecule has 25 heavy (non-hydrogen) atoms. The first kappa shape index (κ1) is 17.7. The highest BCUT2D eigenvalue weighted by Gasteiger charge is 2.23. The molecule has 0 saturated heterocycles. The zero-order valence-corrected chi connectivity index (χ0v) is 15.2. The van der Waals surface area contributed by atoms with Gasteiger partial charge in [-0.3, -0.25) is 0 Å². The van der Waals surface area contributed by atoms with E-state index in [-0.39, 0.29) is 23.0 Å². The Morgan fingerprint density at radius 1 is 1.28 bits per heavy atom. The Morgan fingerprint density at radius 2 is 2.04 bits per heavy atom. The van der Waals surface area contributed by atoms with E-state index in [0.29, 0.717) is 28.4 Å².